The maximum absolute atomic E-state index is 12.3. The van der Waals surface area contributed by atoms with Gasteiger partial charge in [0.1, 0.15) is 11.6 Å². The summed E-state index contributed by atoms with van der Waals surface area (Å²) in [7, 11) is 0. The number of carbonyl (C=O) groups excluding carboxylic acids is 1. The summed E-state index contributed by atoms with van der Waals surface area (Å²) in [4.78, 5) is 27.6. The second-order valence-electron chi connectivity index (χ2n) is 5.60. The average Bonchev–Trinajstić information content (AvgIpc) is 3.11. The second-order valence-corrected chi connectivity index (χ2v) is 6.63. The molecule has 25 heavy (non-hydrogen) atoms. The molecule has 1 amide bonds. The zero-order valence-electron chi connectivity index (χ0n) is 13.5. The lowest BCUT2D eigenvalue weighted by atomic mass is 10.3. The van der Waals surface area contributed by atoms with Gasteiger partial charge in [-0.05, 0) is 18.2 Å². The number of morpholine rings is 1. The molecule has 1 saturated heterocycles. The Kier molecular flexibility index (Phi) is 4.53. The van der Waals surface area contributed by atoms with Gasteiger partial charge in [-0.25, -0.2) is 15.0 Å². The number of fused-ring (bicyclic) bond motifs is 1. The van der Waals surface area contributed by atoms with E-state index >= 15 is 0 Å². The highest BCUT2D eigenvalue weighted by Crippen LogP contribution is 2.21. The molecule has 3 aromatic rings. The standard InChI is InChI=1S/C17H17N5O2S/c23-16(17-20-12-3-1-2-4-13(12)25-17)19-11-14-18-6-5-15(21-14)22-7-9-24-10-8-22/h1-6H,7-11H2,(H,19,23). The molecule has 8 heteroatoms. The molecule has 128 valence electrons. The minimum Gasteiger partial charge on any atom is -0.378 e. The molecule has 0 spiro atoms. The molecule has 1 aromatic carbocycles. The van der Waals surface area contributed by atoms with Gasteiger partial charge >= 0.3 is 0 Å². The van der Waals surface area contributed by atoms with E-state index in [0.717, 1.165) is 29.1 Å². The van der Waals surface area contributed by atoms with Crippen molar-refractivity contribution in [3.8, 4) is 0 Å². The van der Waals surface area contributed by atoms with E-state index in [9.17, 15) is 4.79 Å². The number of hydrogen-bond donors (Lipinski definition) is 1. The monoisotopic (exact) mass is 355 g/mol. The number of rotatable bonds is 4. The number of aromatic nitrogens is 3. The minimum atomic E-state index is -0.207. The van der Waals surface area contributed by atoms with E-state index in [4.69, 9.17) is 4.74 Å². The summed E-state index contributed by atoms with van der Waals surface area (Å²) in [5.41, 5.74) is 0.836. The second kappa shape index (κ2) is 7.12. The fourth-order valence-corrected chi connectivity index (χ4v) is 3.53. The fraction of sp³-hybridized carbons (Fsp3) is 0.294. The Bertz CT molecular complexity index is 858. The molecular formula is C17H17N5O2S. The van der Waals surface area contributed by atoms with Crippen molar-refractivity contribution in [3.05, 3.63) is 47.4 Å². The Morgan fingerprint density at radius 1 is 1.20 bits per heavy atom. The van der Waals surface area contributed by atoms with Crippen LogP contribution >= 0.6 is 11.3 Å². The highest BCUT2D eigenvalue weighted by Gasteiger charge is 2.15. The van der Waals surface area contributed by atoms with Gasteiger partial charge in [0.25, 0.3) is 5.91 Å². The average molecular weight is 355 g/mol. The largest absolute Gasteiger partial charge is 0.378 e. The van der Waals surface area contributed by atoms with Crippen LogP contribution in [-0.4, -0.2) is 47.2 Å². The van der Waals surface area contributed by atoms with Gasteiger partial charge in [0.05, 0.1) is 30.0 Å². The first kappa shape index (κ1) is 15.9. The Morgan fingerprint density at radius 3 is 2.88 bits per heavy atom. The van der Waals surface area contributed by atoms with Crippen molar-refractivity contribution in [1.29, 1.82) is 0 Å². The topological polar surface area (TPSA) is 80.2 Å². The van der Waals surface area contributed by atoms with Gasteiger partial charge in [0, 0.05) is 19.3 Å². The third kappa shape index (κ3) is 3.59. The van der Waals surface area contributed by atoms with E-state index in [1.165, 1.54) is 11.3 Å². The molecule has 1 fully saturated rings. The fourth-order valence-electron chi connectivity index (χ4n) is 2.65. The van der Waals surface area contributed by atoms with Crippen LogP contribution in [-0.2, 0) is 11.3 Å². The molecule has 0 radical (unpaired) electrons. The lowest BCUT2D eigenvalue weighted by Gasteiger charge is -2.27. The number of carbonyl (C=O) groups is 1. The molecule has 1 aliphatic rings. The zero-order chi connectivity index (χ0) is 17.1. The Labute approximate surface area is 148 Å². The quantitative estimate of drug-likeness (QED) is 0.769. The smallest absolute Gasteiger partial charge is 0.280 e. The van der Waals surface area contributed by atoms with Crippen LogP contribution in [0.3, 0.4) is 0 Å². The number of thiazole rings is 1. The van der Waals surface area contributed by atoms with Gasteiger partial charge in [-0.2, -0.15) is 0 Å². The first-order valence-electron chi connectivity index (χ1n) is 8.08. The highest BCUT2D eigenvalue weighted by atomic mass is 32.1. The predicted molar refractivity (Wildman–Crippen MR) is 95.9 cm³/mol. The highest BCUT2D eigenvalue weighted by molar-refractivity contribution is 7.20. The molecule has 1 N–H and O–H groups in total. The van der Waals surface area contributed by atoms with Crippen LogP contribution in [0.5, 0.6) is 0 Å². The third-order valence-corrected chi connectivity index (χ3v) is 4.96. The molecule has 2 aromatic heterocycles. The van der Waals surface area contributed by atoms with Gasteiger partial charge in [-0.15, -0.1) is 11.3 Å². The molecule has 1 aliphatic heterocycles. The molecule has 0 aliphatic carbocycles. The Balaban J connectivity index is 1.42. The minimum absolute atomic E-state index is 0.207. The normalized spacial score (nSPS) is 14.6. The Morgan fingerprint density at radius 2 is 2.04 bits per heavy atom. The number of benzene rings is 1. The van der Waals surface area contributed by atoms with Crippen molar-refractivity contribution in [2.45, 2.75) is 6.54 Å². The molecule has 7 nitrogen and oxygen atoms in total. The van der Waals surface area contributed by atoms with Crippen molar-refractivity contribution in [1.82, 2.24) is 20.3 Å². The van der Waals surface area contributed by atoms with Crippen LogP contribution in [0.15, 0.2) is 36.5 Å². The summed E-state index contributed by atoms with van der Waals surface area (Å²) >= 11 is 1.38. The summed E-state index contributed by atoms with van der Waals surface area (Å²) in [5.74, 6) is 1.24. The zero-order valence-corrected chi connectivity index (χ0v) is 14.3. The lowest BCUT2D eigenvalue weighted by molar-refractivity contribution is 0.0949. The molecule has 0 saturated carbocycles. The summed E-state index contributed by atoms with van der Waals surface area (Å²) in [5, 5.41) is 3.30. The Hall–Kier alpha value is -2.58. The van der Waals surface area contributed by atoms with Crippen LogP contribution in [0, 0.1) is 0 Å². The van der Waals surface area contributed by atoms with Crippen LogP contribution in [0.1, 0.15) is 15.6 Å². The number of nitrogens with zero attached hydrogens (tertiary/aromatic N) is 4. The van der Waals surface area contributed by atoms with Crippen molar-refractivity contribution < 1.29 is 9.53 Å². The number of para-hydroxylation sites is 1. The molecular weight excluding hydrogens is 338 g/mol. The molecule has 0 unspecified atom stereocenters. The van der Waals surface area contributed by atoms with Crippen LogP contribution in [0.2, 0.25) is 0 Å². The van der Waals surface area contributed by atoms with Gasteiger partial charge in [-0.1, -0.05) is 12.1 Å². The van der Waals surface area contributed by atoms with E-state index in [1.807, 2.05) is 30.3 Å². The van der Waals surface area contributed by atoms with E-state index < -0.39 is 0 Å². The maximum Gasteiger partial charge on any atom is 0.280 e. The van der Waals surface area contributed by atoms with Crippen molar-refractivity contribution in [2.24, 2.45) is 0 Å². The molecule has 4 rings (SSSR count). The van der Waals surface area contributed by atoms with Crippen LogP contribution < -0.4 is 10.2 Å². The van der Waals surface area contributed by atoms with Crippen molar-refractivity contribution >= 4 is 33.3 Å². The maximum atomic E-state index is 12.3. The lowest BCUT2D eigenvalue weighted by Crippen LogP contribution is -2.37. The third-order valence-electron chi connectivity index (χ3n) is 3.92. The van der Waals surface area contributed by atoms with Crippen LogP contribution in [0.4, 0.5) is 5.82 Å². The number of nitrogens with one attached hydrogen (secondary N) is 1. The van der Waals surface area contributed by atoms with Gasteiger partial charge < -0.3 is 15.0 Å². The van der Waals surface area contributed by atoms with Crippen molar-refractivity contribution in [2.75, 3.05) is 31.2 Å². The van der Waals surface area contributed by atoms with Gasteiger partial charge in [0.15, 0.2) is 5.01 Å². The first-order chi connectivity index (χ1) is 12.3. The van der Waals surface area contributed by atoms with Gasteiger partial charge in [0.2, 0.25) is 0 Å². The van der Waals surface area contributed by atoms with Crippen molar-refractivity contribution in [3.63, 3.8) is 0 Å². The van der Waals surface area contributed by atoms with E-state index in [2.05, 4.69) is 25.2 Å². The summed E-state index contributed by atoms with van der Waals surface area (Å²) in [6.45, 7) is 3.30. The number of hydrogen-bond acceptors (Lipinski definition) is 7. The molecule has 0 bridgehead atoms. The number of ether oxygens (including phenoxy) is 1. The summed E-state index contributed by atoms with van der Waals surface area (Å²) in [6.07, 6.45) is 1.72. The molecule has 3 heterocycles. The summed E-state index contributed by atoms with van der Waals surface area (Å²) < 4.78 is 6.35. The first-order valence-corrected chi connectivity index (χ1v) is 8.89. The van der Waals surface area contributed by atoms with E-state index in [1.54, 1.807) is 6.20 Å². The van der Waals surface area contributed by atoms with E-state index in [-0.39, 0.29) is 12.5 Å². The summed E-state index contributed by atoms with van der Waals surface area (Å²) in [6, 6.07) is 9.59. The predicted octanol–water partition coefficient (Wildman–Crippen LogP) is 1.85. The number of amides is 1. The SMILES string of the molecule is O=C(NCc1nccc(N2CCOCC2)n1)c1nc2ccccc2s1. The van der Waals surface area contributed by atoms with Crippen LogP contribution in [0.25, 0.3) is 10.2 Å². The number of anilines is 1. The van der Waals surface area contributed by atoms with Gasteiger partial charge in [-0.3, -0.25) is 4.79 Å². The van der Waals surface area contributed by atoms with E-state index in [0.29, 0.717) is 24.0 Å². The molecule has 0 atom stereocenters.